The number of Topliss-reactive ketones (excluding diaryl/α,β-unsaturated/α-hetero) is 1. The number of rotatable bonds is 6. The molecule has 1 amide bonds. The normalized spacial score (nSPS) is 19.1. The topological polar surface area (TPSA) is 49.4 Å². The minimum atomic E-state index is -0.482. The quantitative estimate of drug-likeness (QED) is 0.311. The van der Waals surface area contributed by atoms with Crippen LogP contribution in [0, 0.1) is 6.92 Å². The Morgan fingerprint density at radius 2 is 1.76 bits per heavy atom. The molecule has 1 heterocycles. The predicted octanol–water partition coefficient (Wildman–Crippen LogP) is 8.24. The standard InChI is InChI=1S/C32H33BrN2O2/c1-3-4-5-13-30(37)35-28-12-7-6-11-26(28)34-27-19-24(22-16-14-21(2)15-17-22)20-29(36)31(27)32(35)23-9-8-10-25(33)18-23/h6-12,14-18,24,32,34H,3-5,13,19-20H2,1-2H3/t24-,32+/m0/s1. The Bertz CT molecular complexity index is 1340. The third-order valence-electron chi connectivity index (χ3n) is 7.46. The van der Waals surface area contributed by atoms with Crippen LogP contribution < -0.4 is 10.2 Å². The number of carbonyl (C=O) groups excluding carboxylic acids is 2. The summed E-state index contributed by atoms with van der Waals surface area (Å²) in [4.78, 5) is 29.8. The van der Waals surface area contributed by atoms with Gasteiger partial charge in [0.2, 0.25) is 5.91 Å². The minimum absolute atomic E-state index is 0.0508. The van der Waals surface area contributed by atoms with E-state index >= 15 is 0 Å². The fourth-order valence-electron chi connectivity index (χ4n) is 5.58. The highest BCUT2D eigenvalue weighted by molar-refractivity contribution is 9.10. The average molecular weight is 558 g/mol. The van der Waals surface area contributed by atoms with Gasteiger partial charge in [-0.25, -0.2) is 0 Å². The van der Waals surface area contributed by atoms with Gasteiger partial charge < -0.3 is 5.32 Å². The van der Waals surface area contributed by atoms with Crippen molar-refractivity contribution in [2.45, 2.75) is 64.3 Å². The van der Waals surface area contributed by atoms with Gasteiger partial charge >= 0.3 is 0 Å². The van der Waals surface area contributed by atoms with Crippen LogP contribution in [0.3, 0.4) is 0 Å². The zero-order valence-electron chi connectivity index (χ0n) is 21.5. The van der Waals surface area contributed by atoms with Gasteiger partial charge in [0.15, 0.2) is 5.78 Å². The molecule has 5 rings (SSSR count). The van der Waals surface area contributed by atoms with E-state index in [1.807, 2.05) is 53.4 Å². The Labute approximate surface area is 227 Å². The Kier molecular flexibility index (Phi) is 7.61. The number of anilines is 2. The van der Waals surface area contributed by atoms with Crippen molar-refractivity contribution in [2.24, 2.45) is 0 Å². The van der Waals surface area contributed by atoms with Crippen LogP contribution in [0.25, 0.3) is 0 Å². The second-order valence-electron chi connectivity index (χ2n) is 10.2. The number of nitrogens with one attached hydrogen (secondary N) is 1. The number of allylic oxidation sites excluding steroid dienone is 1. The van der Waals surface area contributed by atoms with Gasteiger partial charge in [0, 0.05) is 28.6 Å². The van der Waals surface area contributed by atoms with Crippen LogP contribution in [0.1, 0.15) is 74.1 Å². The molecule has 0 unspecified atom stereocenters. The number of halogens is 1. The van der Waals surface area contributed by atoms with Gasteiger partial charge in [0.05, 0.1) is 17.4 Å². The third kappa shape index (κ3) is 5.28. The van der Waals surface area contributed by atoms with E-state index in [0.29, 0.717) is 18.4 Å². The van der Waals surface area contributed by atoms with Gasteiger partial charge in [0.25, 0.3) is 0 Å². The number of nitrogens with zero attached hydrogens (tertiary/aromatic N) is 1. The summed E-state index contributed by atoms with van der Waals surface area (Å²) in [5, 5.41) is 3.62. The van der Waals surface area contributed by atoms with E-state index in [1.54, 1.807) is 0 Å². The highest BCUT2D eigenvalue weighted by atomic mass is 79.9. The second kappa shape index (κ2) is 11.1. The fraction of sp³-hybridized carbons (Fsp3) is 0.312. The summed E-state index contributed by atoms with van der Waals surface area (Å²) >= 11 is 3.62. The molecule has 3 aromatic rings. The van der Waals surface area contributed by atoms with Crippen LogP contribution >= 0.6 is 15.9 Å². The molecule has 37 heavy (non-hydrogen) atoms. The number of amides is 1. The Morgan fingerprint density at radius 1 is 0.973 bits per heavy atom. The summed E-state index contributed by atoms with van der Waals surface area (Å²) in [5.41, 5.74) is 6.64. The first-order valence-corrected chi connectivity index (χ1v) is 14.0. The minimum Gasteiger partial charge on any atom is -0.357 e. The van der Waals surface area contributed by atoms with Crippen molar-refractivity contribution in [1.82, 2.24) is 0 Å². The van der Waals surface area contributed by atoms with E-state index in [2.05, 4.69) is 59.4 Å². The number of ketones is 1. The number of carbonyl (C=O) groups is 2. The number of hydrogen-bond donors (Lipinski definition) is 1. The maximum atomic E-state index is 14.0. The van der Waals surface area contributed by atoms with E-state index < -0.39 is 6.04 Å². The van der Waals surface area contributed by atoms with Gasteiger partial charge in [-0.05, 0) is 61.1 Å². The smallest absolute Gasteiger partial charge is 0.227 e. The summed E-state index contributed by atoms with van der Waals surface area (Å²) in [6.45, 7) is 4.22. The summed E-state index contributed by atoms with van der Waals surface area (Å²) in [5.74, 6) is 0.250. The van der Waals surface area contributed by atoms with Crippen molar-refractivity contribution in [1.29, 1.82) is 0 Å². The molecule has 1 aliphatic heterocycles. The summed E-state index contributed by atoms with van der Waals surface area (Å²) in [6.07, 6.45) is 4.50. The highest BCUT2D eigenvalue weighted by Gasteiger charge is 2.41. The molecule has 2 aliphatic rings. The molecule has 2 atom stereocenters. The van der Waals surface area contributed by atoms with Crippen molar-refractivity contribution in [3.8, 4) is 0 Å². The SMILES string of the molecule is CCCCCC(=O)N1c2ccccc2NC2=C(C(=O)C[C@@H](c3ccc(C)cc3)C2)[C@H]1c1cccc(Br)c1. The van der Waals surface area contributed by atoms with Crippen molar-refractivity contribution in [2.75, 3.05) is 10.2 Å². The molecule has 0 spiro atoms. The van der Waals surface area contributed by atoms with Crippen LogP contribution in [0.15, 0.2) is 88.5 Å². The van der Waals surface area contributed by atoms with Crippen molar-refractivity contribution in [3.63, 3.8) is 0 Å². The van der Waals surface area contributed by atoms with Crippen LogP contribution in [-0.2, 0) is 9.59 Å². The Balaban J connectivity index is 1.66. The summed E-state index contributed by atoms with van der Waals surface area (Å²) < 4.78 is 0.928. The first kappa shape index (κ1) is 25.5. The molecular weight excluding hydrogens is 524 g/mol. The monoisotopic (exact) mass is 556 g/mol. The lowest BCUT2D eigenvalue weighted by atomic mass is 9.78. The molecule has 3 aromatic carbocycles. The van der Waals surface area contributed by atoms with E-state index in [4.69, 9.17) is 0 Å². The van der Waals surface area contributed by atoms with Crippen molar-refractivity contribution in [3.05, 3.63) is 105 Å². The number of benzene rings is 3. The molecule has 5 heteroatoms. The van der Waals surface area contributed by atoms with Crippen LogP contribution in [-0.4, -0.2) is 11.7 Å². The van der Waals surface area contributed by atoms with Crippen molar-refractivity contribution >= 4 is 39.0 Å². The maximum Gasteiger partial charge on any atom is 0.227 e. The van der Waals surface area contributed by atoms with E-state index in [-0.39, 0.29) is 17.6 Å². The summed E-state index contributed by atoms with van der Waals surface area (Å²) in [7, 11) is 0. The number of fused-ring (bicyclic) bond motifs is 1. The molecule has 0 fully saturated rings. The number of para-hydroxylation sites is 2. The lowest BCUT2D eigenvalue weighted by molar-refractivity contribution is -0.119. The van der Waals surface area contributed by atoms with Gasteiger partial charge in [-0.15, -0.1) is 0 Å². The number of unbranched alkanes of at least 4 members (excludes halogenated alkanes) is 2. The molecule has 0 saturated carbocycles. The second-order valence-corrected chi connectivity index (χ2v) is 11.1. The van der Waals surface area contributed by atoms with Crippen LogP contribution in [0.5, 0.6) is 0 Å². The first-order valence-electron chi connectivity index (χ1n) is 13.2. The van der Waals surface area contributed by atoms with E-state index in [9.17, 15) is 9.59 Å². The Morgan fingerprint density at radius 3 is 2.51 bits per heavy atom. The lowest BCUT2D eigenvalue weighted by Gasteiger charge is -2.35. The fourth-order valence-corrected chi connectivity index (χ4v) is 6.00. The zero-order chi connectivity index (χ0) is 25.9. The third-order valence-corrected chi connectivity index (χ3v) is 7.96. The van der Waals surface area contributed by atoms with Gasteiger partial charge in [-0.2, -0.15) is 0 Å². The molecule has 0 aromatic heterocycles. The van der Waals surface area contributed by atoms with E-state index in [0.717, 1.165) is 52.8 Å². The lowest BCUT2D eigenvalue weighted by Crippen LogP contribution is -2.38. The predicted molar refractivity (Wildman–Crippen MR) is 154 cm³/mol. The van der Waals surface area contributed by atoms with Gasteiger partial charge in [-0.1, -0.05) is 89.8 Å². The highest BCUT2D eigenvalue weighted by Crippen LogP contribution is 2.47. The van der Waals surface area contributed by atoms with Crippen LogP contribution in [0.4, 0.5) is 11.4 Å². The zero-order valence-corrected chi connectivity index (χ0v) is 23.1. The Hall–Kier alpha value is -3.18. The molecule has 0 radical (unpaired) electrons. The van der Waals surface area contributed by atoms with Crippen LogP contribution in [0.2, 0.25) is 0 Å². The maximum absolute atomic E-state index is 14.0. The van der Waals surface area contributed by atoms with Gasteiger partial charge in [-0.3, -0.25) is 14.5 Å². The molecule has 1 aliphatic carbocycles. The molecule has 1 N–H and O–H groups in total. The first-order chi connectivity index (χ1) is 18.0. The molecule has 190 valence electrons. The number of hydrogen-bond acceptors (Lipinski definition) is 3. The number of aryl methyl sites for hydroxylation is 1. The van der Waals surface area contributed by atoms with Gasteiger partial charge in [0.1, 0.15) is 0 Å². The summed E-state index contributed by atoms with van der Waals surface area (Å²) in [6, 6.07) is 24.0. The van der Waals surface area contributed by atoms with Crippen molar-refractivity contribution < 1.29 is 9.59 Å². The molecule has 0 saturated heterocycles. The average Bonchev–Trinajstić information content (AvgIpc) is 3.04. The molecule has 0 bridgehead atoms. The van der Waals surface area contributed by atoms with E-state index in [1.165, 1.54) is 11.1 Å². The largest absolute Gasteiger partial charge is 0.357 e. The molecular formula is C32H33BrN2O2. The molecule has 4 nitrogen and oxygen atoms in total.